The molecule has 0 aliphatic carbocycles. The van der Waals surface area contributed by atoms with Crippen LogP contribution >= 0.6 is 0 Å². The first-order valence-corrected chi connectivity index (χ1v) is 7.01. The van der Waals surface area contributed by atoms with Crippen molar-refractivity contribution in [2.24, 2.45) is 17.6 Å². The Hall–Kier alpha value is -0.860. The fraction of sp³-hybridized carbons (Fsp3) is 0.625. The molecule has 0 heterocycles. The average molecular weight is 248 g/mol. The Morgan fingerprint density at radius 2 is 1.89 bits per heavy atom. The molecule has 0 fully saturated rings. The first-order chi connectivity index (χ1) is 8.54. The summed E-state index contributed by atoms with van der Waals surface area (Å²) in [5.41, 5.74) is 9.93. The van der Waals surface area contributed by atoms with Crippen molar-refractivity contribution in [1.29, 1.82) is 0 Å². The van der Waals surface area contributed by atoms with Gasteiger partial charge in [-0.3, -0.25) is 0 Å². The van der Waals surface area contributed by atoms with Crippen molar-refractivity contribution in [3.8, 4) is 0 Å². The van der Waals surface area contributed by atoms with Gasteiger partial charge in [0, 0.05) is 0 Å². The summed E-state index contributed by atoms with van der Waals surface area (Å²) in [5, 5.41) is 3.52. The molecule has 2 heteroatoms. The van der Waals surface area contributed by atoms with Crippen LogP contribution in [0.1, 0.15) is 30.5 Å². The molecule has 1 aromatic carbocycles. The molecule has 18 heavy (non-hydrogen) atoms. The Morgan fingerprint density at radius 1 is 1.17 bits per heavy atom. The van der Waals surface area contributed by atoms with Crippen LogP contribution in [0.25, 0.3) is 0 Å². The summed E-state index contributed by atoms with van der Waals surface area (Å²) in [6.45, 7) is 11.6. The zero-order valence-corrected chi connectivity index (χ0v) is 12.3. The smallest absolute Gasteiger partial charge is 0.000588 e. The van der Waals surface area contributed by atoms with Crippen LogP contribution in [0.15, 0.2) is 18.2 Å². The maximum Gasteiger partial charge on any atom is -0.000588 e. The predicted octanol–water partition coefficient (Wildman–Crippen LogP) is 2.67. The fourth-order valence-electron chi connectivity index (χ4n) is 2.07. The quantitative estimate of drug-likeness (QED) is 0.728. The molecule has 1 unspecified atom stereocenters. The molecule has 1 aromatic rings. The molecule has 0 aliphatic rings. The lowest BCUT2D eigenvalue weighted by Gasteiger charge is -2.19. The normalized spacial score (nSPS) is 13.0. The van der Waals surface area contributed by atoms with Crippen molar-refractivity contribution in [2.45, 2.75) is 34.1 Å². The molecule has 0 saturated carbocycles. The van der Waals surface area contributed by atoms with E-state index in [0.717, 1.165) is 26.1 Å². The van der Waals surface area contributed by atoms with Crippen molar-refractivity contribution < 1.29 is 0 Å². The maximum absolute atomic E-state index is 5.76. The second-order valence-corrected chi connectivity index (χ2v) is 5.61. The van der Waals surface area contributed by atoms with Crippen molar-refractivity contribution in [3.63, 3.8) is 0 Å². The van der Waals surface area contributed by atoms with Crippen LogP contribution in [0.4, 0.5) is 0 Å². The Labute approximate surface area is 112 Å². The van der Waals surface area contributed by atoms with Crippen molar-refractivity contribution in [3.05, 3.63) is 34.9 Å². The van der Waals surface area contributed by atoms with Gasteiger partial charge in [0.25, 0.3) is 0 Å². The Balaban J connectivity index is 2.31. The van der Waals surface area contributed by atoms with Gasteiger partial charge < -0.3 is 11.1 Å². The van der Waals surface area contributed by atoms with E-state index >= 15 is 0 Å². The van der Waals surface area contributed by atoms with Crippen LogP contribution in [0, 0.1) is 25.7 Å². The molecule has 102 valence electrons. The fourth-order valence-corrected chi connectivity index (χ4v) is 2.07. The largest absolute Gasteiger partial charge is 0.330 e. The number of rotatable bonds is 7. The lowest BCUT2D eigenvalue weighted by atomic mass is 9.96. The zero-order valence-electron chi connectivity index (χ0n) is 12.3. The number of aryl methyl sites for hydroxylation is 2. The number of hydrogen-bond acceptors (Lipinski definition) is 2. The first kappa shape index (κ1) is 15.2. The van der Waals surface area contributed by atoms with E-state index in [1.54, 1.807) is 0 Å². The van der Waals surface area contributed by atoms with Gasteiger partial charge in [0.05, 0.1) is 0 Å². The summed E-state index contributed by atoms with van der Waals surface area (Å²) >= 11 is 0. The third-order valence-electron chi connectivity index (χ3n) is 3.81. The highest BCUT2D eigenvalue weighted by atomic mass is 14.9. The average Bonchev–Trinajstić information content (AvgIpc) is 2.33. The van der Waals surface area contributed by atoms with E-state index in [2.05, 4.69) is 51.2 Å². The van der Waals surface area contributed by atoms with Gasteiger partial charge in [0.2, 0.25) is 0 Å². The Morgan fingerprint density at radius 3 is 2.44 bits per heavy atom. The van der Waals surface area contributed by atoms with Gasteiger partial charge >= 0.3 is 0 Å². The van der Waals surface area contributed by atoms with Crippen molar-refractivity contribution >= 4 is 0 Å². The third kappa shape index (κ3) is 4.79. The van der Waals surface area contributed by atoms with E-state index in [0.29, 0.717) is 11.8 Å². The number of hydrogen-bond donors (Lipinski definition) is 2. The molecular weight excluding hydrogens is 220 g/mol. The Kier molecular flexibility index (Phi) is 6.37. The molecule has 0 bridgehead atoms. The highest BCUT2D eigenvalue weighted by Crippen LogP contribution is 2.10. The van der Waals surface area contributed by atoms with Gasteiger partial charge in [-0.15, -0.1) is 0 Å². The standard InChI is InChI=1S/C16H28N2/c1-12(2)16(10-17)11-18-8-7-15-6-5-13(3)14(4)9-15/h5-6,9,12,16,18H,7-8,10-11,17H2,1-4H3. The molecule has 0 saturated heterocycles. The van der Waals surface area contributed by atoms with Crippen LogP contribution in [-0.4, -0.2) is 19.6 Å². The second kappa shape index (κ2) is 7.55. The van der Waals surface area contributed by atoms with Gasteiger partial charge in [0.1, 0.15) is 0 Å². The summed E-state index contributed by atoms with van der Waals surface area (Å²) in [5.74, 6) is 1.24. The topological polar surface area (TPSA) is 38.0 Å². The molecule has 0 radical (unpaired) electrons. The molecule has 0 amide bonds. The number of nitrogens with one attached hydrogen (secondary N) is 1. The van der Waals surface area contributed by atoms with E-state index in [4.69, 9.17) is 5.73 Å². The minimum atomic E-state index is 0.588. The minimum absolute atomic E-state index is 0.588. The van der Waals surface area contributed by atoms with Gasteiger partial charge in [-0.05, 0) is 68.4 Å². The summed E-state index contributed by atoms with van der Waals surface area (Å²) in [7, 11) is 0. The molecule has 3 N–H and O–H groups in total. The van der Waals surface area contributed by atoms with E-state index in [-0.39, 0.29) is 0 Å². The molecule has 1 atom stereocenters. The molecule has 2 nitrogen and oxygen atoms in total. The van der Waals surface area contributed by atoms with Gasteiger partial charge in [-0.1, -0.05) is 32.0 Å². The van der Waals surface area contributed by atoms with Crippen molar-refractivity contribution in [1.82, 2.24) is 5.32 Å². The molecular formula is C16H28N2. The summed E-state index contributed by atoms with van der Waals surface area (Å²) in [6, 6.07) is 6.73. The van der Waals surface area contributed by atoms with Crippen LogP contribution in [0.2, 0.25) is 0 Å². The van der Waals surface area contributed by atoms with Gasteiger partial charge in [-0.2, -0.15) is 0 Å². The summed E-state index contributed by atoms with van der Waals surface area (Å²) in [6.07, 6.45) is 1.09. The predicted molar refractivity (Wildman–Crippen MR) is 79.9 cm³/mol. The summed E-state index contributed by atoms with van der Waals surface area (Å²) in [4.78, 5) is 0. The van der Waals surface area contributed by atoms with Crippen LogP contribution < -0.4 is 11.1 Å². The monoisotopic (exact) mass is 248 g/mol. The third-order valence-corrected chi connectivity index (χ3v) is 3.81. The number of benzene rings is 1. The SMILES string of the molecule is Cc1ccc(CCNCC(CN)C(C)C)cc1C. The van der Waals surface area contributed by atoms with Crippen LogP contribution in [-0.2, 0) is 6.42 Å². The second-order valence-electron chi connectivity index (χ2n) is 5.61. The first-order valence-electron chi connectivity index (χ1n) is 7.01. The van der Waals surface area contributed by atoms with E-state index in [1.165, 1.54) is 16.7 Å². The van der Waals surface area contributed by atoms with E-state index in [1.807, 2.05) is 0 Å². The minimum Gasteiger partial charge on any atom is -0.330 e. The lowest BCUT2D eigenvalue weighted by molar-refractivity contribution is 0.372. The summed E-state index contributed by atoms with van der Waals surface area (Å²) < 4.78 is 0. The van der Waals surface area contributed by atoms with Crippen molar-refractivity contribution in [2.75, 3.05) is 19.6 Å². The molecule has 1 rings (SSSR count). The maximum atomic E-state index is 5.76. The van der Waals surface area contributed by atoms with Gasteiger partial charge in [0.15, 0.2) is 0 Å². The van der Waals surface area contributed by atoms with Gasteiger partial charge in [-0.25, -0.2) is 0 Å². The number of nitrogens with two attached hydrogens (primary N) is 1. The van der Waals surface area contributed by atoms with E-state index in [9.17, 15) is 0 Å². The highest BCUT2D eigenvalue weighted by Gasteiger charge is 2.10. The van der Waals surface area contributed by atoms with Crippen LogP contribution in [0.3, 0.4) is 0 Å². The Bertz CT molecular complexity index is 358. The molecule has 0 aliphatic heterocycles. The van der Waals surface area contributed by atoms with E-state index < -0.39 is 0 Å². The van der Waals surface area contributed by atoms with Crippen LogP contribution in [0.5, 0.6) is 0 Å². The molecule has 0 spiro atoms. The zero-order chi connectivity index (χ0) is 13.5. The molecule has 0 aromatic heterocycles. The highest BCUT2D eigenvalue weighted by molar-refractivity contribution is 5.29. The lowest BCUT2D eigenvalue weighted by Crippen LogP contribution is -2.32.